The summed E-state index contributed by atoms with van der Waals surface area (Å²) in [5, 5.41) is 7.08. The molecule has 0 aliphatic rings. The second-order valence-corrected chi connectivity index (χ2v) is 6.40. The zero-order chi connectivity index (χ0) is 19.8. The van der Waals surface area contributed by atoms with E-state index in [1.54, 1.807) is 36.9 Å². The number of nitrogens with one attached hydrogen (secondary N) is 1. The fourth-order valence-corrected chi connectivity index (χ4v) is 2.82. The van der Waals surface area contributed by atoms with Crippen LogP contribution < -0.4 is 5.32 Å². The van der Waals surface area contributed by atoms with Gasteiger partial charge in [-0.15, -0.1) is 0 Å². The molecule has 1 aromatic carbocycles. The molecule has 2 rings (SSSR count). The smallest absolute Gasteiger partial charge is 0.271 e. The first-order chi connectivity index (χ1) is 13.0. The quantitative estimate of drug-likeness (QED) is 0.648. The molecule has 27 heavy (non-hydrogen) atoms. The van der Waals surface area contributed by atoms with Gasteiger partial charge in [0.05, 0.1) is 18.9 Å². The topological polar surface area (TPSA) is 59.4 Å². The second-order valence-electron chi connectivity index (χ2n) is 6.40. The van der Waals surface area contributed by atoms with E-state index in [0.717, 1.165) is 30.9 Å². The largest absolute Gasteiger partial charge is 0.378 e. The minimum Gasteiger partial charge on any atom is -0.378 e. The fourth-order valence-electron chi connectivity index (χ4n) is 2.82. The first-order valence-corrected chi connectivity index (χ1v) is 9.35. The van der Waals surface area contributed by atoms with Crippen molar-refractivity contribution >= 4 is 5.91 Å². The van der Waals surface area contributed by atoms with Crippen LogP contribution in [0.3, 0.4) is 0 Å². The molecule has 0 bridgehead atoms. The molecule has 0 saturated heterocycles. The maximum absolute atomic E-state index is 13.5. The Bertz CT molecular complexity index is 756. The summed E-state index contributed by atoms with van der Waals surface area (Å²) in [6.45, 7) is 10.4. The number of benzene rings is 1. The molecule has 1 amide bonds. The van der Waals surface area contributed by atoms with Gasteiger partial charge in [0.1, 0.15) is 5.82 Å². The Morgan fingerprint density at radius 3 is 2.67 bits per heavy atom. The van der Waals surface area contributed by atoms with Crippen molar-refractivity contribution in [3.63, 3.8) is 0 Å². The van der Waals surface area contributed by atoms with Crippen molar-refractivity contribution < 1.29 is 13.9 Å². The molecule has 1 N–H and O–H groups in total. The Labute approximate surface area is 160 Å². The van der Waals surface area contributed by atoms with Crippen LogP contribution in [0.15, 0.2) is 24.3 Å². The number of aryl methyl sites for hydroxylation is 2. The van der Waals surface area contributed by atoms with Crippen molar-refractivity contribution in [2.75, 3.05) is 39.4 Å². The molecule has 0 saturated carbocycles. The lowest BCUT2D eigenvalue weighted by Gasteiger charge is -2.17. The lowest BCUT2D eigenvalue weighted by atomic mass is 10.1. The van der Waals surface area contributed by atoms with E-state index in [1.165, 1.54) is 6.07 Å². The highest BCUT2D eigenvalue weighted by Crippen LogP contribution is 2.22. The second kappa shape index (κ2) is 10.2. The maximum atomic E-state index is 13.5. The van der Waals surface area contributed by atoms with Crippen molar-refractivity contribution in [2.45, 2.75) is 20.8 Å². The molecule has 0 aliphatic heterocycles. The molecule has 0 spiro atoms. The summed E-state index contributed by atoms with van der Waals surface area (Å²) in [4.78, 5) is 14.6. The van der Waals surface area contributed by atoms with Crippen LogP contribution in [0.25, 0.3) is 11.3 Å². The Morgan fingerprint density at radius 1 is 1.26 bits per heavy atom. The molecular weight excluding hydrogens is 347 g/mol. The number of nitrogens with zero attached hydrogens (tertiary/aromatic N) is 3. The van der Waals surface area contributed by atoms with Gasteiger partial charge in [0, 0.05) is 25.7 Å². The van der Waals surface area contributed by atoms with E-state index in [2.05, 4.69) is 29.2 Å². The van der Waals surface area contributed by atoms with Gasteiger partial charge >= 0.3 is 0 Å². The van der Waals surface area contributed by atoms with Crippen molar-refractivity contribution in [3.05, 3.63) is 41.3 Å². The number of halogens is 1. The number of hydrogen-bond acceptors (Lipinski definition) is 4. The van der Waals surface area contributed by atoms with Gasteiger partial charge in [0.15, 0.2) is 5.69 Å². The average Bonchev–Trinajstić information content (AvgIpc) is 3.05. The molecule has 0 unspecified atom stereocenters. The minimum atomic E-state index is -0.250. The molecule has 7 heteroatoms. The predicted molar refractivity (Wildman–Crippen MR) is 104 cm³/mol. The van der Waals surface area contributed by atoms with Gasteiger partial charge in [-0.1, -0.05) is 13.8 Å². The van der Waals surface area contributed by atoms with Gasteiger partial charge in [-0.25, -0.2) is 4.39 Å². The predicted octanol–water partition coefficient (Wildman–Crippen LogP) is 2.62. The monoisotopic (exact) mass is 376 g/mol. The third-order valence-corrected chi connectivity index (χ3v) is 4.54. The molecule has 1 heterocycles. The van der Waals surface area contributed by atoms with Crippen LogP contribution in [-0.2, 0) is 11.8 Å². The lowest BCUT2D eigenvalue weighted by Crippen LogP contribution is -2.30. The van der Waals surface area contributed by atoms with Crippen LogP contribution in [0.5, 0.6) is 0 Å². The first-order valence-electron chi connectivity index (χ1n) is 9.35. The third-order valence-electron chi connectivity index (χ3n) is 4.54. The van der Waals surface area contributed by atoms with E-state index in [9.17, 15) is 9.18 Å². The number of carbonyl (C=O) groups is 1. The van der Waals surface area contributed by atoms with Crippen LogP contribution in [0.1, 0.15) is 29.9 Å². The lowest BCUT2D eigenvalue weighted by molar-refractivity contribution is 0.0880. The highest BCUT2D eigenvalue weighted by atomic mass is 19.1. The van der Waals surface area contributed by atoms with Crippen LogP contribution in [0, 0.1) is 12.7 Å². The highest BCUT2D eigenvalue weighted by molar-refractivity contribution is 5.93. The summed E-state index contributed by atoms with van der Waals surface area (Å²) in [7, 11) is 1.77. The van der Waals surface area contributed by atoms with E-state index < -0.39 is 0 Å². The Morgan fingerprint density at radius 2 is 2.00 bits per heavy atom. The molecule has 0 aliphatic carbocycles. The fraction of sp³-hybridized carbons (Fsp3) is 0.500. The number of carbonyl (C=O) groups excluding carboxylic acids is 1. The Hall–Kier alpha value is -2.25. The van der Waals surface area contributed by atoms with Crippen molar-refractivity contribution in [2.24, 2.45) is 7.05 Å². The average molecular weight is 376 g/mol. The van der Waals surface area contributed by atoms with Crippen LogP contribution in [0.2, 0.25) is 0 Å². The standard InChI is InChI=1S/C20H29FN4O2/c1-5-25(6-2)10-12-27-11-9-22-20(26)18-14-19(24(4)23-18)16-7-8-17(21)15(3)13-16/h7-8,13-14H,5-6,9-12H2,1-4H3,(H,22,26). The Balaban J connectivity index is 1.84. The first kappa shape index (κ1) is 21.1. The molecule has 0 radical (unpaired) electrons. The van der Waals surface area contributed by atoms with Gasteiger partial charge < -0.3 is 15.0 Å². The number of ether oxygens (including phenoxy) is 1. The van der Waals surface area contributed by atoms with Crippen molar-refractivity contribution in [1.82, 2.24) is 20.0 Å². The van der Waals surface area contributed by atoms with Crippen LogP contribution >= 0.6 is 0 Å². The van der Waals surface area contributed by atoms with Gasteiger partial charge in [-0.05, 0) is 49.8 Å². The zero-order valence-electron chi connectivity index (χ0n) is 16.6. The SMILES string of the molecule is CCN(CC)CCOCCNC(=O)c1cc(-c2ccc(F)c(C)c2)n(C)n1. The van der Waals surface area contributed by atoms with Crippen LogP contribution in [0.4, 0.5) is 4.39 Å². The normalized spacial score (nSPS) is 11.2. The zero-order valence-corrected chi connectivity index (χ0v) is 16.6. The van der Waals surface area contributed by atoms with E-state index in [-0.39, 0.29) is 11.7 Å². The molecular formula is C20H29FN4O2. The number of aromatic nitrogens is 2. The van der Waals surface area contributed by atoms with Gasteiger partial charge in [0.25, 0.3) is 5.91 Å². The van der Waals surface area contributed by atoms with Gasteiger partial charge in [0.2, 0.25) is 0 Å². The third kappa shape index (κ3) is 5.87. The number of likely N-dealkylation sites (N-methyl/N-ethyl adjacent to an activating group) is 1. The summed E-state index contributed by atoms with van der Waals surface area (Å²) < 4.78 is 20.6. The summed E-state index contributed by atoms with van der Waals surface area (Å²) in [6.07, 6.45) is 0. The van der Waals surface area contributed by atoms with E-state index in [1.807, 2.05) is 0 Å². The maximum Gasteiger partial charge on any atom is 0.271 e. The summed E-state index contributed by atoms with van der Waals surface area (Å²) >= 11 is 0. The number of hydrogen-bond donors (Lipinski definition) is 1. The molecule has 6 nitrogen and oxygen atoms in total. The van der Waals surface area contributed by atoms with Crippen molar-refractivity contribution in [3.8, 4) is 11.3 Å². The van der Waals surface area contributed by atoms with E-state index >= 15 is 0 Å². The van der Waals surface area contributed by atoms with E-state index in [0.29, 0.717) is 31.0 Å². The minimum absolute atomic E-state index is 0.247. The Kier molecular flexibility index (Phi) is 7.94. The highest BCUT2D eigenvalue weighted by Gasteiger charge is 2.14. The molecule has 0 atom stereocenters. The molecule has 1 aromatic heterocycles. The van der Waals surface area contributed by atoms with Gasteiger partial charge in [-0.2, -0.15) is 5.10 Å². The summed E-state index contributed by atoms with van der Waals surface area (Å²) in [6, 6.07) is 6.57. The summed E-state index contributed by atoms with van der Waals surface area (Å²) in [5.41, 5.74) is 2.47. The van der Waals surface area contributed by atoms with Gasteiger partial charge in [-0.3, -0.25) is 9.48 Å². The summed E-state index contributed by atoms with van der Waals surface area (Å²) in [5.74, 6) is -0.497. The molecule has 2 aromatic rings. The molecule has 0 fully saturated rings. The molecule has 148 valence electrons. The van der Waals surface area contributed by atoms with E-state index in [4.69, 9.17) is 4.74 Å². The van der Waals surface area contributed by atoms with Crippen LogP contribution in [-0.4, -0.2) is 60.0 Å². The van der Waals surface area contributed by atoms with Crippen molar-refractivity contribution in [1.29, 1.82) is 0 Å². The number of amides is 1. The number of rotatable bonds is 10.